The zero-order valence-electron chi connectivity index (χ0n) is 17.8. The minimum absolute atomic E-state index is 0.391. The molecule has 0 saturated carbocycles. The van der Waals surface area contributed by atoms with Gasteiger partial charge in [-0.1, -0.05) is 19.1 Å². The fraction of sp³-hybridized carbons (Fsp3) is 0.667. The van der Waals surface area contributed by atoms with E-state index in [0.717, 1.165) is 36.0 Å². The molecule has 1 aliphatic rings. The molecular formula is C21H36N4O2S. The average molecular weight is 409 g/mol. The molecule has 0 atom stereocenters. The number of unbranched alkanes of at least 4 members (excludes halogenated alkanes) is 1. The van der Waals surface area contributed by atoms with Crippen LogP contribution in [0.1, 0.15) is 43.7 Å². The van der Waals surface area contributed by atoms with Crippen LogP contribution in [0.25, 0.3) is 0 Å². The average Bonchev–Trinajstić information content (AvgIpc) is 2.64. The van der Waals surface area contributed by atoms with Gasteiger partial charge in [-0.3, -0.25) is 4.99 Å². The number of piperidine rings is 1. The molecule has 0 bridgehead atoms. The number of guanidine groups is 1. The fourth-order valence-electron chi connectivity index (χ4n) is 3.60. The minimum Gasteiger partial charge on any atom is -0.356 e. The van der Waals surface area contributed by atoms with Crippen LogP contribution >= 0.6 is 0 Å². The number of hydrogen-bond acceptors (Lipinski definition) is 4. The van der Waals surface area contributed by atoms with E-state index in [9.17, 15) is 8.42 Å². The van der Waals surface area contributed by atoms with Gasteiger partial charge in [0.15, 0.2) is 15.8 Å². The van der Waals surface area contributed by atoms with Gasteiger partial charge in [-0.15, -0.1) is 0 Å². The van der Waals surface area contributed by atoms with E-state index in [0.29, 0.717) is 11.4 Å². The van der Waals surface area contributed by atoms with Crippen molar-refractivity contribution in [2.45, 2.75) is 51.0 Å². The lowest BCUT2D eigenvalue weighted by Crippen LogP contribution is -2.38. The van der Waals surface area contributed by atoms with E-state index < -0.39 is 9.84 Å². The Morgan fingerprint density at radius 2 is 1.93 bits per heavy atom. The molecule has 0 unspecified atom stereocenters. The van der Waals surface area contributed by atoms with Crippen LogP contribution in [-0.4, -0.2) is 58.8 Å². The van der Waals surface area contributed by atoms with E-state index in [1.54, 1.807) is 13.1 Å². The molecular weight excluding hydrogens is 372 g/mol. The molecule has 2 N–H and O–H groups in total. The molecule has 28 heavy (non-hydrogen) atoms. The molecule has 6 nitrogen and oxygen atoms in total. The highest BCUT2D eigenvalue weighted by atomic mass is 32.2. The summed E-state index contributed by atoms with van der Waals surface area (Å²) in [7, 11) is -1.41. The van der Waals surface area contributed by atoms with Gasteiger partial charge in [-0.05, 0) is 75.4 Å². The molecule has 0 aromatic heterocycles. The summed E-state index contributed by atoms with van der Waals surface area (Å²) in [6.45, 7) is 9.36. The van der Waals surface area contributed by atoms with Gasteiger partial charge in [-0.2, -0.15) is 0 Å². The monoisotopic (exact) mass is 408 g/mol. The number of benzene rings is 1. The third kappa shape index (κ3) is 7.43. The molecule has 0 spiro atoms. The lowest BCUT2D eigenvalue weighted by molar-refractivity contribution is 0.189. The largest absolute Gasteiger partial charge is 0.356 e. The summed E-state index contributed by atoms with van der Waals surface area (Å²) in [5.41, 5.74) is 1.81. The molecule has 1 aromatic rings. The predicted molar refractivity (Wildman–Crippen MR) is 117 cm³/mol. The zero-order valence-corrected chi connectivity index (χ0v) is 18.6. The fourth-order valence-corrected chi connectivity index (χ4v) is 4.56. The predicted octanol–water partition coefficient (Wildman–Crippen LogP) is 2.58. The Morgan fingerprint density at radius 1 is 1.21 bits per heavy atom. The Balaban J connectivity index is 1.68. The zero-order chi connectivity index (χ0) is 20.6. The van der Waals surface area contributed by atoms with Crippen LogP contribution < -0.4 is 10.6 Å². The summed E-state index contributed by atoms with van der Waals surface area (Å²) in [6, 6.07) is 5.44. The van der Waals surface area contributed by atoms with Crippen LogP contribution in [-0.2, 0) is 16.4 Å². The first-order valence-corrected chi connectivity index (χ1v) is 12.1. The summed E-state index contributed by atoms with van der Waals surface area (Å²) >= 11 is 0. The van der Waals surface area contributed by atoms with Gasteiger partial charge >= 0.3 is 0 Å². The lowest BCUT2D eigenvalue weighted by atomic mass is 9.99. The number of hydrogen-bond donors (Lipinski definition) is 2. The maximum Gasteiger partial charge on any atom is 0.191 e. The van der Waals surface area contributed by atoms with Gasteiger partial charge in [0.1, 0.15) is 0 Å². The Kier molecular flexibility index (Phi) is 8.76. The maximum absolute atomic E-state index is 11.7. The van der Waals surface area contributed by atoms with Gasteiger partial charge < -0.3 is 15.5 Å². The van der Waals surface area contributed by atoms with E-state index in [2.05, 4.69) is 27.4 Å². The highest BCUT2D eigenvalue weighted by Crippen LogP contribution is 2.17. The van der Waals surface area contributed by atoms with E-state index in [-0.39, 0.29) is 0 Å². The Hall–Kier alpha value is -1.60. The van der Waals surface area contributed by atoms with Gasteiger partial charge in [0, 0.05) is 26.4 Å². The molecule has 1 aromatic carbocycles. The topological polar surface area (TPSA) is 73.8 Å². The molecule has 0 aliphatic carbocycles. The second-order valence-electron chi connectivity index (χ2n) is 7.96. The summed E-state index contributed by atoms with van der Waals surface area (Å²) in [5.74, 6) is 1.66. The normalized spacial score (nSPS) is 16.9. The van der Waals surface area contributed by atoms with Crippen molar-refractivity contribution in [3.63, 3.8) is 0 Å². The highest BCUT2D eigenvalue weighted by molar-refractivity contribution is 7.90. The van der Waals surface area contributed by atoms with Crippen LogP contribution in [0.2, 0.25) is 0 Å². The molecule has 0 amide bonds. The summed E-state index contributed by atoms with van der Waals surface area (Å²) in [6.07, 6.45) is 6.23. The van der Waals surface area contributed by atoms with Crippen molar-refractivity contribution in [1.82, 2.24) is 15.5 Å². The lowest BCUT2D eigenvalue weighted by Gasteiger charge is -2.30. The smallest absolute Gasteiger partial charge is 0.191 e. The second-order valence-corrected chi connectivity index (χ2v) is 9.94. The van der Waals surface area contributed by atoms with E-state index >= 15 is 0 Å². The Morgan fingerprint density at radius 3 is 2.54 bits per heavy atom. The standard InChI is InChI=1S/C21H36N4O2S/c1-17-9-13-25(14-10-17)12-6-5-11-23-21(22-3)24-16-19-7-8-20(18(2)15-19)28(4,26)27/h7-8,15,17H,5-6,9-14,16H2,1-4H3,(H2,22,23,24). The third-order valence-electron chi connectivity index (χ3n) is 5.39. The van der Waals surface area contributed by atoms with Crippen molar-refractivity contribution in [2.24, 2.45) is 10.9 Å². The minimum atomic E-state index is -3.17. The first-order valence-electron chi connectivity index (χ1n) is 10.3. The quantitative estimate of drug-likeness (QED) is 0.393. The van der Waals surface area contributed by atoms with Crippen molar-refractivity contribution >= 4 is 15.8 Å². The number of aryl methyl sites for hydroxylation is 1. The van der Waals surface area contributed by atoms with E-state index in [4.69, 9.17) is 0 Å². The first-order chi connectivity index (χ1) is 13.3. The molecule has 1 fully saturated rings. The van der Waals surface area contributed by atoms with Gasteiger partial charge in [0.2, 0.25) is 0 Å². The number of likely N-dealkylation sites (tertiary alicyclic amines) is 1. The first kappa shape index (κ1) is 22.7. The van der Waals surface area contributed by atoms with E-state index in [1.807, 2.05) is 19.1 Å². The summed E-state index contributed by atoms with van der Waals surface area (Å²) < 4.78 is 23.4. The SMILES string of the molecule is CN=C(NCCCCN1CCC(C)CC1)NCc1ccc(S(C)(=O)=O)c(C)c1. The summed E-state index contributed by atoms with van der Waals surface area (Å²) in [4.78, 5) is 7.24. The van der Waals surface area contributed by atoms with Crippen molar-refractivity contribution in [1.29, 1.82) is 0 Å². The maximum atomic E-state index is 11.7. The molecule has 0 radical (unpaired) electrons. The van der Waals surface area contributed by atoms with Crippen LogP contribution in [0.15, 0.2) is 28.1 Å². The van der Waals surface area contributed by atoms with Crippen molar-refractivity contribution in [3.05, 3.63) is 29.3 Å². The molecule has 7 heteroatoms. The number of rotatable bonds is 8. The Labute approximate surface area is 170 Å². The third-order valence-corrected chi connectivity index (χ3v) is 6.65. The van der Waals surface area contributed by atoms with Crippen LogP contribution in [0, 0.1) is 12.8 Å². The number of aliphatic imine (C=N–C) groups is 1. The van der Waals surface area contributed by atoms with Gasteiger partial charge in [0.05, 0.1) is 4.90 Å². The van der Waals surface area contributed by atoms with Crippen molar-refractivity contribution in [2.75, 3.05) is 39.5 Å². The van der Waals surface area contributed by atoms with Crippen LogP contribution in [0.3, 0.4) is 0 Å². The van der Waals surface area contributed by atoms with Gasteiger partial charge in [-0.25, -0.2) is 8.42 Å². The molecule has 1 aliphatic heterocycles. The van der Waals surface area contributed by atoms with Crippen LogP contribution in [0.4, 0.5) is 0 Å². The number of sulfone groups is 1. The Bertz CT molecular complexity index is 754. The van der Waals surface area contributed by atoms with Crippen LogP contribution in [0.5, 0.6) is 0 Å². The highest BCUT2D eigenvalue weighted by Gasteiger charge is 2.14. The molecule has 2 rings (SSSR count). The van der Waals surface area contributed by atoms with Crippen molar-refractivity contribution in [3.8, 4) is 0 Å². The molecule has 158 valence electrons. The van der Waals surface area contributed by atoms with Crippen molar-refractivity contribution < 1.29 is 8.42 Å². The summed E-state index contributed by atoms with van der Waals surface area (Å²) in [5, 5.41) is 6.65. The number of nitrogens with zero attached hydrogens (tertiary/aromatic N) is 2. The number of nitrogens with one attached hydrogen (secondary N) is 2. The van der Waals surface area contributed by atoms with Gasteiger partial charge in [0.25, 0.3) is 0 Å². The second kappa shape index (κ2) is 10.8. The molecule has 1 saturated heterocycles. The van der Waals surface area contributed by atoms with E-state index in [1.165, 1.54) is 45.2 Å². The molecule has 1 heterocycles.